The fourth-order valence-corrected chi connectivity index (χ4v) is 8.19. The van der Waals surface area contributed by atoms with Gasteiger partial charge in [-0.15, -0.1) is 34.0 Å². The van der Waals surface area contributed by atoms with Crippen LogP contribution in [0.4, 0.5) is 0 Å². The van der Waals surface area contributed by atoms with Crippen molar-refractivity contribution in [2.75, 3.05) is 0 Å². The highest BCUT2D eigenvalue weighted by Gasteiger charge is 2.13. The Morgan fingerprint density at radius 2 is 1.31 bits per heavy atom. The fraction of sp³-hybridized carbons (Fsp3) is 0.625. The summed E-state index contributed by atoms with van der Waals surface area (Å²) in [5.41, 5.74) is 1.66. The molecule has 0 radical (unpaired) electrons. The van der Waals surface area contributed by atoms with E-state index in [9.17, 15) is 0 Å². The monoisotopic (exact) mass is 528 g/mol. The first-order valence-corrected chi connectivity index (χ1v) is 17.1. The molecular formula is C32H48S3. The Labute approximate surface area is 228 Å². The molecule has 0 fully saturated rings. The number of hydrogen-bond donors (Lipinski definition) is 0. The molecule has 0 saturated heterocycles. The zero-order chi connectivity index (χ0) is 24.6. The first kappa shape index (κ1) is 28.7. The van der Waals surface area contributed by atoms with E-state index in [-0.39, 0.29) is 0 Å². The molecule has 0 spiro atoms. The lowest BCUT2D eigenvalue weighted by molar-refractivity contribution is 0.522. The third-order valence-electron chi connectivity index (χ3n) is 7.25. The molecule has 0 amide bonds. The summed E-state index contributed by atoms with van der Waals surface area (Å²) in [4.78, 5) is 6.24. The van der Waals surface area contributed by atoms with Crippen LogP contribution in [0.2, 0.25) is 0 Å². The van der Waals surface area contributed by atoms with Crippen molar-refractivity contribution < 1.29 is 0 Å². The minimum absolute atomic E-state index is 0.795. The largest absolute Gasteiger partial charge is 0.149 e. The molecule has 0 aromatic carbocycles. The van der Waals surface area contributed by atoms with Gasteiger partial charge in [0.1, 0.15) is 0 Å². The second-order valence-electron chi connectivity index (χ2n) is 10.2. The standard InChI is InChI=1S/C32H48S3/c1-3-5-6-7-8-9-10-15-21-30-28(26-32(35-30)31-23-17-25-34-31)20-14-12-11-13-19-27(18-4-2)29-22-16-24-33-29/h16-17,22-27H,3-15,18-21H2,1-2H3. The van der Waals surface area contributed by atoms with Crippen LogP contribution >= 0.6 is 34.0 Å². The van der Waals surface area contributed by atoms with Gasteiger partial charge in [-0.3, -0.25) is 0 Å². The van der Waals surface area contributed by atoms with Gasteiger partial charge in [0.25, 0.3) is 0 Å². The van der Waals surface area contributed by atoms with Crippen LogP contribution in [-0.2, 0) is 12.8 Å². The molecular weight excluding hydrogens is 481 g/mol. The van der Waals surface area contributed by atoms with Crippen molar-refractivity contribution in [3.05, 3.63) is 56.4 Å². The van der Waals surface area contributed by atoms with Crippen LogP contribution < -0.4 is 0 Å². The Balaban J connectivity index is 1.40. The maximum absolute atomic E-state index is 2.53. The van der Waals surface area contributed by atoms with Gasteiger partial charge in [0.05, 0.1) is 0 Å². The molecule has 35 heavy (non-hydrogen) atoms. The number of aryl methyl sites for hydroxylation is 2. The van der Waals surface area contributed by atoms with E-state index in [0.717, 1.165) is 5.92 Å². The Hall–Kier alpha value is -0.900. The van der Waals surface area contributed by atoms with Gasteiger partial charge in [0, 0.05) is 19.5 Å². The summed E-state index contributed by atoms with van der Waals surface area (Å²) < 4.78 is 0. The minimum atomic E-state index is 0.795. The van der Waals surface area contributed by atoms with Gasteiger partial charge >= 0.3 is 0 Å². The first-order valence-electron chi connectivity index (χ1n) is 14.5. The van der Waals surface area contributed by atoms with Gasteiger partial charge in [-0.1, -0.05) is 96.6 Å². The van der Waals surface area contributed by atoms with Gasteiger partial charge in [0.2, 0.25) is 0 Å². The Morgan fingerprint density at radius 3 is 2.00 bits per heavy atom. The van der Waals surface area contributed by atoms with Crippen LogP contribution in [0.15, 0.2) is 41.1 Å². The van der Waals surface area contributed by atoms with Gasteiger partial charge in [-0.05, 0) is 79.0 Å². The number of unbranched alkanes of at least 4 members (excludes halogenated alkanes) is 10. The molecule has 1 unspecified atom stereocenters. The molecule has 0 N–H and O–H groups in total. The maximum atomic E-state index is 2.53. The van der Waals surface area contributed by atoms with Gasteiger partial charge in [0.15, 0.2) is 0 Å². The summed E-state index contributed by atoms with van der Waals surface area (Å²) in [5.74, 6) is 0.795. The highest BCUT2D eigenvalue weighted by atomic mass is 32.1. The lowest BCUT2D eigenvalue weighted by Crippen LogP contribution is -1.96. The van der Waals surface area contributed by atoms with E-state index in [1.165, 1.54) is 119 Å². The molecule has 1 atom stereocenters. The number of thiophene rings is 3. The average Bonchev–Trinajstić information content (AvgIpc) is 3.64. The van der Waals surface area contributed by atoms with Crippen LogP contribution in [0.5, 0.6) is 0 Å². The van der Waals surface area contributed by atoms with Gasteiger partial charge in [-0.25, -0.2) is 0 Å². The van der Waals surface area contributed by atoms with Crippen LogP contribution in [0, 0.1) is 0 Å². The molecule has 3 aromatic heterocycles. The maximum Gasteiger partial charge on any atom is 0.0448 e. The molecule has 0 aliphatic rings. The van der Waals surface area contributed by atoms with E-state index in [0.29, 0.717) is 0 Å². The van der Waals surface area contributed by atoms with Crippen LogP contribution in [-0.4, -0.2) is 0 Å². The van der Waals surface area contributed by atoms with E-state index >= 15 is 0 Å². The third kappa shape index (κ3) is 10.5. The topological polar surface area (TPSA) is 0 Å². The lowest BCUT2D eigenvalue weighted by Gasteiger charge is -2.14. The van der Waals surface area contributed by atoms with E-state index in [1.54, 1.807) is 15.3 Å². The molecule has 0 bridgehead atoms. The van der Waals surface area contributed by atoms with Crippen molar-refractivity contribution in [2.24, 2.45) is 0 Å². The van der Waals surface area contributed by atoms with E-state index < -0.39 is 0 Å². The zero-order valence-electron chi connectivity index (χ0n) is 22.4. The summed E-state index contributed by atoms with van der Waals surface area (Å²) in [6.45, 7) is 4.63. The summed E-state index contributed by atoms with van der Waals surface area (Å²) in [6, 6.07) is 11.6. The summed E-state index contributed by atoms with van der Waals surface area (Å²) in [7, 11) is 0. The van der Waals surface area contributed by atoms with Crippen molar-refractivity contribution >= 4 is 34.0 Å². The van der Waals surface area contributed by atoms with E-state index in [2.05, 4.69) is 66.3 Å². The van der Waals surface area contributed by atoms with Crippen molar-refractivity contribution in [3.8, 4) is 9.75 Å². The molecule has 0 aliphatic heterocycles. The van der Waals surface area contributed by atoms with Gasteiger partial charge < -0.3 is 0 Å². The predicted octanol–water partition coefficient (Wildman–Crippen LogP) is 12.3. The zero-order valence-corrected chi connectivity index (χ0v) is 24.8. The number of rotatable bonds is 20. The smallest absolute Gasteiger partial charge is 0.0448 e. The average molecular weight is 529 g/mol. The lowest BCUT2D eigenvalue weighted by atomic mass is 9.94. The van der Waals surface area contributed by atoms with E-state index in [1.807, 2.05) is 22.7 Å². The summed E-state index contributed by atoms with van der Waals surface area (Å²) >= 11 is 5.93. The highest BCUT2D eigenvalue weighted by molar-refractivity contribution is 7.21. The molecule has 0 saturated carbocycles. The van der Waals surface area contributed by atoms with Crippen LogP contribution in [0.25, 0.3) is 9.75 Å². The van der Waals surface area contributed by atoms with Crippen LogP contribution in [0.1, 0.15) is 131 Å². The number of hydrogen-bond acceptors (Lipinski definition) is 3. The Morgan fingerprint density at radius 1 is 0.629 bits per heavy atom. The molecule has 0 nitrogen and oxygen atoms in total. The Bertz CT molecular complexity index is 872. The normalized spacial score (nSPS) is 12.4. The minimum Gasteiger partial charge on any atom is -0.149 e. The molecule has 3 heteroatoms. The third-order valence-corrected chi connectivity index (χ3v) is 10.6. The van der Waals surface area contributed by atoms with Crippen molar-refractivity contribution in [2.45, 2.75) is 129 Å². The SMILES string of the molecule is CCCCCCCCCCc1sc(-c2cccs2)cc1CCCCCCC(CCC)c1cccs1. The molecule has 0 aliphatic carbocycles. The second kappa shape index (κ2) is 17.5. The molecule has 3 aromatic rings. The van der Waals surface area contributed by atoms with E-state index in [4.69, 9.17) is 0 Å². The molecule has 194 valence electrons. The summed E-state index contributed by atoms with van der Waals surface area (Å²) in [6.07, 6.45) is 23.4. The van der Waals surface area contributed by atoms with Crippen LogP contribution in [0.3, 0.4) is 0 Å². The molecule has 3 rings (SSSR count). The Kier molecular flexibility index (Phi) is 14.4. The van der Waals surface area contributed by atoms with Crippen molar-refractivity contribution in [3.63, 3.8) is 0 Å². The predicted molar refractivity (Wildman–Crippen MR) is 163 cm³/mol. The quantitative estimate of drug-likeness (QED) is 0.128. The van der Waals surface area contributed by atoms with Gasteiger partial charge in [-0.2, -0.15) is 0 Å². The fourth-order valence-electron chi connectivity index (χ4n) is 5.21. The molecule has 3 heterocycles. The van der Waals surface area contributed by atoms with Crippen molar-refractivity contribution in [1.29, 1.82) is 0 Å². The van der Waals surface area contributed by atoms with Crippen molar-refractivity contribution in [1.82, 2.24) is 0 Å². The second-order valence-corrected chi connectivity index (χ2v) is 13.3. The summed E-state index contributed by atoms with van der Waals surface area (Å²) in [5, 5.41) is 4.46. The highest BCUT2D eigenvalue weighted by Crippen LogP contribution is 2.36. The first-order chi connectivity index (χ1) is 17.3.